The topological polar surface area (TPSA) is 26.0 Å². The van der Waals surface area contributed by atoms with Gasteiger partial charge in [0.25, 0.3) is 0 Å². The zero-order chi connectivity index (χ0) is 7.83. The second-order valence-corrected chi connectivity index (χ2v) is 3.67. The molecule has 1 rings (SSSR count). The van der Waals surface area contributed by atoms with E-state index < -0.39 is 0 Å². The van der Waals surface area contributed by atoms with E-state index in [1.165, 1.54) is 19.3 Å². The van der Waals surface area contributed by atoms with Crippen molar-refractivity contribution in [3.63, 3.8) is 0 Å². The summed E-state index contributed by atoms with van der Waals surface area (Å²) in [6, 6.07) is 0. The fourth-order valence-electron chi connectivity index (χ4n) is 2.26. The monoisotopic (exact) mass is 141 g/mol. The lowest BCUT2D eigenvalue weighted by Gasteiger charge is -2.17. The molecule has 10 heavy (non-hydrogen) atoms. The highest BCUT2D eigenvalue weighted by atomic mass is 14.9. The van der Waals surface area contributed by atoms with Gasteiger partial charge in [0.1, 0.15) is 0 Å². The lowest BCUT2D eigenvalue weighted by atomic mass is 9.92. The van der Waals surface area contributed by atoms with E-state index in [1.807, 2.05) is 0 Å². The summed E-state index contributed by atoms with van der Waals surface area (Å²) in [6.45, 7) is 6.72. The van der Waals surface area contributed by atoms with Crippen LogP contribution >= 0.6 is 0 Å². The molecule has 0 heterocycles. The van der Waals surface area contributed by atoms with E-state index in [0.29, 0.717) is 5.41 Å². The van der Waals surface area contributed by atoms with E-state index in [1.54, 1.807) is 0 Å². The maximum atomic E-state index is 6.15. The molecule has 1 atom stereocenters. The SMILES string of the molecule is CCC1(CC)C[C@]1(N)CC. The van der Waals surface area contributed by atoms with Gasteiger partial charge in [-0.05, 0) is 31.1 Å². The van der Waals surface area contributed by atoms with Crippen molar-refractivity contribution in [2.24, 2.45) is 11.1 Å². The van der Waals surface area contributed by atoms with Gasteiger partial charge in [0.15, 0.2) is 0 Å². The van der Waals surface area contributed by atoms with Crippen molar-refractivity contribution in [1.29, 1.82) is 0 Å². The highest BCUT2D eigenvalue weighted by Crippen LogP contribution is 2.60. The molecule has 0 aliphatic heterocycles. The summed E-state index contributed by atoms with van der Waals surface area (Å²) in [5, 5.41) is 0. The van der Waals surface area contributed by atoms with Crippen LogP contribution in [0.2, 0.25) is 0 Å². The molecule has 0 aromatic carbocycles. The standard InChI is InChI=1S/C9H19N/c1-4-8(5-2)7-9(8,10)6-3/h4-7,10H2,1-3H3/t9-/m1/s1. The summed E-state index contributed by atoms with van der Waals surface area (Å²) in [5.41, 5.74) is 6.87. The largest absolute Gasteiger partial charge is 0.325 e. The van der Waals surface area contributed by atoms with Crippen molar-refractivity contribution in [2.45, 2.75) is 52.0 Å². The average molecular weight is 141 g/mol. The van der Waals surface area contributed by atoms with E-state index >= 15 is 0 Å². The highest BCUT2D eigenvalue weighted by molar-refractivity contribution is 5.17. The molecule has 0 radical (unpaired) electrons. The Morgan fingerprint density at radius 2 is 1.60 bits per heavy atom. The summed E-state index contributed by atoms with van der Waals surface area (Å²) in [7, 11) is 0. The molecule has 1 heteroatoms. The molecule has 0 aromatic rings. The van der Waals surface area contributed by atoms with Crippen LogP contribution in [-0.2, 0) is 0 Å². The van der Waals surface area contributed by atoms with Crippen LogP contribution in [-0.4, -0.2) is 5.54 Å². The first kappa shape index (κ1) is 8.06. The van der Waals surface area contributed by atoms with Crippen LogP contribution in [0.4, 0.5) is 0 Å². The van der Waals surface area contributed by atoms with Crippen LogP contribution in [0.15, 0.2) is 0 Å². The molecule has 0 spiro atoms. The molecular weight excluding hydrogens is 122 g/mol. The molecule has 1 aliphatic rings. The molecule has 0 bridgehead atoms. The van der Waals surface area contributed by atoms with Gasteiger partial charge in [-0.2, -0.15) is 0 Å². The number of rotatable bonds is 3. The van der Waals surface area contributed by atoms with Gasteiger partial charge in [-0.15, -0.1) is 0 Å². The van der Waals surface area contributed by atoms with Crippen LogP contribution in [0.25, 0.3) is 0 Å². The Morgan fingerprint density at radius 1 is 1.10 bits per heavy atom. The van der Waals surface area contributed by atoms with Crippen LogP contribution in [0.1, 0.15) is 46.5 Å². The summed E-state index contributed by atoms with van der Waals surface area (Å²) in [6.07, 6.45) is 4.92. The van der Waals surface area contributed by atoms with Crippen molar-refractivity contribution in [3.8, 4) is 0 Å². The van der Waals surface area contributed by atoms with Gasteiger partial charge in [-0.3, -0.25) is 0 Å². The minimum absolute atomic E-state index is 0.205. The average Bonchev–Trinajstić information content (AvgIpc) is 2.59. The third-order valence-electron chi connectivity index (χ3n) is 3.57. The number of hydrogen-bond acceptors (Lipinski definition) is 1. The van der Waals surface area contributed by atoms with Crippen LogP contribution in [0.5, 0.6) is 0 Å². The molecular formula is C9H19N. The zero-order valence-electron chi connectivity index (χ0n) is 7.41. The molecule has 1 aliphatic carbocycles. The van der Waals surface area contributed by atoms with E-state index in [0.717, 1.165) is 6.42 Å². The smallest absolute Gasteiger partial charge is 0.0215 e. The molecule has 2 N–H and O–H groups in total. The number of nitrogens with two attached hydrogens (primary N) is 1. The van der Waals surface area contributed by atoms with Crippen molar-refractivity contribution in [2.75, 3.05) is 0 Å². The molecule has 0 aromatic heterocycles. The minimum Gasteiger partial charge on any atom is -0.325 e. The lowest BCUT2D eigenvalue weighted by Crippen LogP contribution is -2.29. The van der Waals surface area contributed by atoms with Crippen LogP contribution < -0.4 is 5.73 Å². The van der Waals surface area contributed by atoms with Crippen LogP contribution in [0, 0.1) is 5.41 Å². The van der Waals surface area contributed by atoms with E-state index in [4.69, 9.17) is 5.73 Å². The second kappa shape index (κ2) is 2.23. The highest BCUT2D eigenvalue weighted by Gasteiger charge is 2.60. The summed E-state index contributed by atoms with van der Waals surface area (Å²) < 4.78 is 0. The Kier molecular flexibility index (Phi) is 1.80. The third kappa shape index (κ3) is 0.800. The Balaban J connectivity index is 2.59. The fraction of sp³-hybridized carbons (Fsp3) is 1.00. The van der Waals surface area contributed by atoms with E-state index in [2.05, 4.69) is 20.8 Å². The van der Waals surface area contributed by atoms with E-state index in [9.17, 15) is 0 Å². The summed E-state index contributed by atoms with van der Waals surface area (Å²) >= 11 is 0. The Hall–Kier alpha value is -0.0400. The molecule has 0 unspecified atom stereocenters. The van der Waals surface area contributed by atoms with Gasteiger partial charge in [0.2, 0.25) is 0 Å². The fourth-order valence-corrected chi connectivity index (χ4v) is 2.26. The quantitative estimate of drug-likeness (QED) is 0.641. The van der Waals surface area contributed by atoms with Gasteiger partial charge in [0, 0.05) is 5.54 Å². The second-order valence-electron chi connectivity index (χ2n) is 3.67. The first-order valence-corrected chi connectivity index (χ1v) is 4.43. The van der Waals surface area contributed by atoms with Crippen molar-refractivity contribution in [3.05, 3.63) is 0 Å². The summed E-state index contributed by atoms with van der Waals surface area (Å²) in [5.74, 6) is 0. The maximum absolute atomic E-state index is 6.15. The molecule has 0 saturated heterocycles. The van der Waals surface area contributed by atoms with Gasteiger partial charge in [-0.25, -0.2) is 0 Å². The molecule has 60 valence electrons. The van der Waals surface area contributed by atoms with E-state index in [-0.39, 0.29) is 5.54 Å². The van der Waals surface area contributed by atoms with Crippen molar-refractivity contribution >= 4 is 0 Å². The summed E-state index contributed by atoms with van der Waals surface area (Å²) in [4.78, 5) is 0. The van der Waals surface area contributed by atoms with Crippen LogP contribution in [0.3, 0.4) is 0 Å². The van der Waals surface area contributed by atoms with Crippen molar-refractivity contribution < 1.29 is 0 Å². The lowest BCUT2D eigenvalue weighted by molar-refractivity contribution is 0.379. The first-order chi connectivity index (χ1) is 4.64. The predicted octanol–water partition coefficient (Wildman–Crippen LogP) is 2.30. The Morgan fingerprint density at radius 3 is 1.70 bits per heavy atom. The predicted molar refractivity (Wildman–Crippen MR) is 44.8 cm³/mol. The molecule has 1 fully saturated rings. The van der Waals surface area contributed by atoms with Gasteiger partial charge in [-0.1, -0.05) is 20.8 Å². The molecule has 0 amide bonds. The van der Waals surface area contributed by atoms with Gasteiger partial charge in [0.05, 0.1) is 0 Å². The Bertz CT molecular complexity index is 127. The van der Waals surface area contributed by atoms with Gasteiger partial charge >= 0.3 is 0 Å². The molecule has 1 nitrogen and oxygen atoms in total. The normalized spacial score (nSPS) is 36.0. The maximum Gasteiger partial charge on any atom is 0.0215 e. The van der Waals surface area contributed by atoms with Gasteiger partial charge < -0.3 is 5.73 Å². The van der Waals surface area contributed by atoms with Crippen molar-refractivity contribution in [1.82, 2.24) is 0 Å². The molecule has 1 saturated carbocycles. The zero-order valence-corrected chi connectivity index (χ0v) is 7.41. The first-order valence-electron chi connectivity index (χ1n) is 4.43. The number of hydrogen-bond donors (Lipinski definition) is 1. The Labute approximate surface area is 64.0 Å². The third-order valence-corrected chi connectivity index (χ3v) is 3.57. The minimum atomic E-state index is 0.205.